The van der Waals surface area contributed by atoms with Crippen molar-refractivity contribution in [2.45, 2.75) is 18.0 Å². The maximum Gasteiger partial charge on any atom is 0.433 e. The van der Waals surface area contributed by atoms with Crippen LogP contribution in [-0.4, -0.2) is 33.2 Å². The molecule has 0 aliphatic carbocycles. The van der Waals surface area contributed by atoms with E-state index in [0.29, 0.717) is 4.90 Å². The number of carbonyl (C=O) groups is 2. The number of alkyl halides is 3. The first-order chi connectivity index (χ1) is 11.6. The number of thioether (sulfide) groups is 1. The molecule has 0 radical (unpaired) electrons. The summed E-state index contributed by atoms with van der Waals surface area (Å²) in [5.41, 5.74) is -1.17. The molecular formula is C15H12F3N3O3S. The van der Waals surface area contributed by atoms with Crippen molar-refractivity contribution in [2.75, 3.05) is 11.6 Å². The second-order valence-electron chi connectivity index (χ2n) is 4.89. The van der Waals surface area contributed by atoms with E-state index in [-0.39, 0.29) is 16.9 Å². The maximum atomic E-state index is 12.8. The van der Waals surface area contributed by atoms with E-state index in [1.165, 1.54) is 36.9 Å². The van der Waals surface area contributed by atoms with Crippen molar-refractivity contribution in [3.05, 3.63) is 47.0 Å². The van der Waals surface area contributed by atoms with Crippen LogP contribution in [0.25, 0.3) is 0 Å². The fraction of sp³-hybridized carbons (Fsp3) is 0.200. The van der Waals surface area contributed by atoms with E-state index < -0.39 is 29.6 Å². The van der Waals surface area contributed by atoms with Gasteiger partial charge in [0.25, 0.3) is 5.91 Å². The number of carboxylic acid groups (broad SMARTS) is 1. The molecule has 1 amide bonds. The zero-order valence-electron chi connectivity index (χ0n) is 13.0. The van der Waals surface area contributed by atoms with E-state index in [4.69, 9.17) is 5.11 Å². The predicted octanol–water partition coefficient (Wildman–Crippen LogP) is 3.48. The first-order valence-electron chi connectivity index (χ1n) is 6.77. The average Bonchev–Trinajstić information content (AvgIpc) is 2.53. The smallest absolute Gasteiger partial charge is 0.433 e. The Morgan fingerprint density at radius 2 is 1.88 bits per heavy atom. The van der Waals surface area contributed by atoms with Crippen molar-refractivity contribution < 1.29 is 27.9 Å². The number of nitrogens with one attached hydrogen (secondary N) is 1. The lowest BCUT2D eigenvalue weighted by molar-refractivity contribution is -0.141. The summed E-state index contributed by atoms with van der Waals surface area (Å²) in [6.45, 7) is 1.31. The van der Waals surface area contributed by atoms with Crippen LogP contribution in [0, 0.1) is 6.92 Å². The van der Waals surface area contributed by atoms with E-state index >= 15 is 0 Å². The number of carbonyl (C=O) groups excluding carboxylic acids is 1. The minimum Gasteiger partial charge on any atom is -0.478 e. The van der Waals surface area contributed by atoms with Gasteiger partial charge in [-0.25, -0.2) is 14.8 Å². The van der Waals surface area contributed by atoms with Crippen LogP contribution >= 0.6 is 11.8 Å². The van der Waals surface area contributed by atoms with Gasteiger partial charge < -0.3 is 10.4 Å². The Morgan fingerprint density at radius 3 is 2.44 bits per heavy atom. The predicted molar refractivity (Wildman–Crippen MR) is 84.9 cm³/mol. The molecule has 25 heavy (non-hydrogen) atoms. The number of aromatic nitrogens is 2. The molecule has 0 spiro atoms. The third kappa shape index (κ3) is 4.47. The van der Waals surface area contributed by atoms with Crippen LogP contribution in [0.15, 0.2) is 29.2 Å². The van der Waals surface area contributed by atoms with Crippen molar-refractivity contribution >= 4 is 29.3 Å². The number of hydrogen-bond donors (Lipinski definition) is 2. The molecule has 2 aromatic rings. The fourth-order valence-electron chi connectivity index (χ4n) is 1.96. The van der Waals surface area contributed by atoms with Gasteiger partial charge in [-0.3, -0.25) is 4.79 Å². The second kappa shape index (κ2) is 7.09. The van der Waals surface area contributed by atoms with E-state index in [0.717, 1.165) is 6.07 Å². The SMILES string of the molecule is CSc1ccc(NC(=O)c2nc(C)cc(C(F)(F)F)n2)cc1C(=O)O. The molecule has 0 saturated carbocycles. The normalized spacial score (nSPS) is 11.2. The molecule has 10 heteroatoms. The largest absolute Gasteiger partial charge is 0.478 e. The zero-order valence-corrected chi connectivity index (χ0v) is 13.8. The molecule has 1 aromatic heterocycles. The summed E-state index contributed by atoms with van der Waals surface area (Å²) in [6, 6.07) is 4.87. The van der Waals surface area contributed by atoms with Crippen LogP contribution in [0.1, 0.15) is 32.4 Å². The highest BCUT2D eigenvalue weighted by atomic mass is 32.2. The Labute approximate surface area is 144 Å². The molecule has 2 rings (SSSR count). The van der Waals surface area contributed by atoms with Crippen molar-refractivity contribution in [1.82, 2.24) is 9.97 Å². The molecule has 0 saturated heterocycles. The molecule has 0 fully saturated rings. The van der Waals surface area contributed by atoms with E-state index in [2.05, 4.69) is 15.3 Å². The monoisotopic (exact) mass is 371 g/mol. The molecule has 1 aromatic carbocycles. The molecule has 1 heterocycles. The van der Waals surface area contributed by atoms with Gasteiger partial charge in [-0.2, -0.15) is 13.2 Å². The topological polar surface area (TPSA) is 92.2 Å². The van der Waals surface area contributed by atoms with Gasteiger partial charge in [0.2, 0.25) is 5.82 Å². The van der Waals surface area contributed by atoms with Crippen LogP contribution in [0.3, 0.4) is 0 Å². The van der Waals surface area contributed by atoms with Crippen LogP contribution in [-0.2, 0) is 6.18 Å². The molecule has 132 valence electrons. The second-order valence-corrected chi connectivity index (χ2v) is 5.74. The van der Waals surface area contributed by atoms with Crippen LogP contribution in [0.5, 0.6) is 0 Å². The first-order valence-corrected chi connectivity index (χ1v) is 8.00. The molecular weight excluding hydrogens is 359 g/mol. The molecule has 0 aliphatic rings. The quantitative estimate of drug-likeness (QED) is 0.800. The van der Waals surface area contributed by atoms with E-state index in [1.807, 2.05) is 0 Å². The number of aryl methyl sites for hydroxylation is 1. The number of aromatic carboxylic acids is 1. The average molecular weight is 371 g/mol. The number of nitrogens with zero attached hydrogens (tertiary/aromatic N) is 2. The highest BCUT2D eigenvalue weighted by Gasteiger charge is 2.34. The Kier molecular flexibility index (Phi) is 5.31. The highest BCUT2D eigenvalue weighted by molar-refractivity contribution is 7.98. The van der Waals surface area contributed by atoms with Gasteiger partial charge in [-0.15, -0.1) is 11.8 Å². The number of carboxylic acids is 1. The summed E-state index contributed by atoms with van der Waals surface area (Å²) >= 11 is 1.21. The van der Waals surface area contributed by atoms with Crippen molar-refractivity contribution in [3.63, 3.8) is 0 Å². The van der Waals surface area contributed by atoms with Crippen LogP contribution in [0.2, 0.25) is 0 Å². The van der Waals surface area contributed by atoms with Crippen molar-refractivity contribution in [2.24, 2.45) is 0 Å². The lowest BCUT2D eigenvalue weighted by atomic mass is 10.2. The first kappa shape index (κ1) is 18.7. The Bertz CT molecular complexity index is 841. The van der Waals surface area contributed by atoms with Gasteiger partial charge in [0.1, 0.15) is 5.69 Å². The standard InChI is InChI=1S/C15H12F3N3O3S/c1-7-5-11(15(16,17)18)21-12(19-7)13(22)20-8-3-4-10(25-2)9(6-8)14(23)24/h3-6H,1-2H3,(H,20,22)(H,23,24). The van der Waals surface area contributed by atoms with Crippen LogP contribution in [0.4, 0.5) is 18.9 Å². The Hall–Kier alpha value is -2.62. The number of hydrogen-bond acceptors (Lipinski definition) is 5. The number of halogens is 3. The van der Waals surface area contributed by atoms with Crippen molar-refractivity contribution in [1.29, 1.82) is 0 Å². The molecule has 0 atom stereocenters. The fourth-order valence-corrected chi connectivity index (χ4v) is 2.53. The van der Waals surface area contributed by atoms with E-state index in [9.17, 15) is 22.8 Å². The number of benzene rings is 1. The molecule has 0 unspecified atom stereocenters. The minimum absolute atomic E-state index is 0.0172. The van der Waals surface area contributed by atoms with E-state index in [1.54, 1.807) is 6.26 Å². The summed E-state index contributed by atoms with van der Waals surface area (Å²) in [5, 5.41) is 11.5. The highest BCUT2D eigenvalue weighted by Crippen LogP contribution is 2.28. The number of rotatable bonds is 4. The van der Waals surface area contributed by atoms with Gasteiger partial charge in [-0.05, 0) is 37.4 Å². The lowest BCUT2D eigenvalue weighted by Gasteiger charge is -2.10. The number of amides is 1. The Balaban J connectivity index is 2.33. The zero-order chi connectivity index (χ0) is 18.8. The van der Waals surface area contributed by atoms with Gasteiger partial charge >= 0.3 is 12.1 Å². The van der Waals surface area contributed by atoms with Gasteiger partial charge in [0, 0.05) is 16.3 Å². The summed E-state index contributed by atoms with van der Waals surface area (Å²) in [7, 11) is 0. The lowest BCUT2D eigenvalue weighted by Crippen LogP contribution is -2.20. The summed E-state index contributed by atoms with van der Waals surface area (Å²) in [4.78, 5) is 30.7. The molecule has 2 N–H and O–H groups in total. The number of anilines is 1. The third-order valence-electron chi connectivity index (χ3n) is 3.04. The Morgan fingerprint density at radius 1 is 1.20 bits per heavy atom. The third-order valence-corrected chi connectivity index (χ3v) is 3.83. The molecule has 6 nitrogen and oxygen atoms in total. The van der Waals surface area contributed by atoms with Crippen LogP contribution < -0.4 is 5.32 Å². The summed E-state index contributed by atoms with van der Waals surface area (Å²) in [6.07, 6.45) is -3.02. The molecule has 0 bridgehead atoms. The summed E-state index contributed by atoms with van der Waals surface area (Å²) < 4.78 is 38.3. The van der Waals surface area contributed by atoms with Gasteiger partial charge in [0.05, 0.1) is 5.56 Å². The van der Waals surface area contributed by atoms with Gasteiger partial charge in [-0.1, -0.05) is 0 Å². The van der Waals surface area contributed by atoms with Crippen molar-refractivity contribution in [3.8, 4) is 0 Å². The minimum atomic E-state index is -4.71. The summed E-state index contributed by atoms with van der Waals surface area (Å²) in [5.74, 6) is -2.81. The molecule has 0 aliphatic heterocycles. The maximum absolute atomic E-state index is 12.8. The van der Waals surface area contributed by atoms with Gasteiger partial charge in [0.15, 0.2) is 0 Å².